The summed E-state index contributed by atoms with van der Waals surface area (Å²) in [6.45, 7) is 1.80. The predicted molar refractivity (Wildman–Crippen MR) is 152 cm³/mol. The largest absolute Gasteiger partial charge is 0.488 e. The number of carbonyl (C=O) groups excluding carboxylic acids is 3. The van der Waals surface area contributed by atoms with Crippen molar-refractivity contribution in [2.75, 3.05) is 11.9 Å². The molecule has 0 aliphatic carbocycles. The maximum Gasteiger partial charge on any atom is 0.294 e. The highest BCUT2D eigenvalue weighted by Gasteiger charge is 2.36. The van der Waals surface area contributed by atoms with Gasteiger partial charge in [0.05, 0.1) is 4.91 Å². The first-order valence-electron chi connectivity index (χ1n) is 11.9. The number of nitrogens with zero attached hydrogens (tertiary/aromatic N) is 1. The average molecular weight is 543 g/mol. The van der Waals surface area contributed by atoms with Gasteiger partial charge in [-0.1, -0.05) is 78.3 Å². The van der Waals surface area contributed by atoms with E-state index in [1.54, 1.807) is 24.3 Å². The van der Waals surface area contributed by atoms with Gasteiger partial charge in [-0.2, -0.15) is 0 Å². The number of halogens is 1. The molecule has 1 N–H and O–H groups in total. The van der Waals surface area contributed by atoms with E-state index < -0.39 is 23.6 Å². The minimum absolute atomic E-state index is 0.224. The molecule has 0 unspecified atom stereocenters. The molecular weight excluding hydrogens is 520 g/mol. The first-order valence-corrected chi connectivity index (χ1v) is 13.1. The van der Waals surface area contributed by atoms with Crippen molar-refractivity contribution in [1.29, 1.82) is 0 Å². The molecule has 5 rings (SSSR count). The Morgan fingerprint density at radius 2 is 1.76 bits per heavy atom. The number of benzene rings is 4. The minimum Gasteiger partial charge on any atom is -0.488 e. The van der Waals surface area contributed by atoms with Crippen LogP contribution in [0, 0.1) is 6.92 Å². The van der Waals surface area contributed by atoms with Crippen molar-refractivity contribution in [2.45, 2.75) is 13.5 Å². The Labute approximate surface area is 229 Å². The van der Waals surface area contributed by atoms with E-state index in [0.29, 0.717) is 28.6 Å². The summed E-state index contributed by atoms with van der Waals surface area (Å²) >= 11 is 6.91. The van der Waals surface area contributed by atoms with Gasteiger partial charge in [0, 0.05) is 16.3 Å². The molecule has 38 heavy (non-hydrogen) atoms. The Balaban J connectivity index is 1.29. The molecule has 3 amide bonds. The normalized spacial score (nSPS) is 14.4. The molecule has 0 radical (unpaired) electrons. The molecular formula is C30H23ClN2O4S. The minimum atomic E-state index is -0.527. The Hall–Kier alpha value is -4.07. The lowest BCUT2D eigenvalue weighted by Gasteiger charge is -2.13. The van der Waals surface area contributed by atoms with Crippen LogP contribution in [-0.2, 0) is 16.2 Å². The second kappa shape index (κ2) is 11.1. The molecule has 0 atom stereocenters. The zero-order chi connectivity index (χ0) is 26.6. The van der Waals surface area contributed by atoms with Gasteiger partial charge in [0.1, 0.15) is 18.9 Å². The van der Waals surface area contributed by atoms with Gasteiger partial charge in [0.15, 0.2) is 0 Å². The number of imide groups is 1. The van der Waals surface area contributed by atoms with Crippen LogP contribution in [-0.4, -0.2) is 28.5 Å². The fraction of sp³-hybridized carbons (Fsp3) is 0.100. The summed E-state index contributed by atoms with van der Waals surface area (Å²) in [7, 11) is 0. The zero-order valence-electron chi connectivity index (χ0n) is 20.4. The number of amides is 3. The van der Waals surface area contributed by atoms with Gasteiger partial charge in [-0.3, -0.25) is 19.3 Å². The first kappa shape index (κ1) is 25.6. The summed E-state index contributed by atoms with van der Waals surface area (Å²) in [4.78, 5) is 39.3. The van der Waals surface area contributed by atoms with Gasteiger partial charge in [-0.25, -0.2) is 0 Å². The molecule has 1 fully saturated rings. The van der Waals surface area contributed by atoms with Crippen molar-refractivity contribution in [1.82, 2.24) is 4.90 Å². The lowest BCUT2D eigenvalue weighted by atomic mass is 10.1. The number of hydrogen-bond acceptors (Lipinski definition) is 5. The topological polar surface area (TPSA) is 75.7 Å². The Kier molecular flexibility index (Phi) is 7.49. The highest BCUT2D eigenvalue weighted by atomic mass is 35.5. The quantitative estimate of drug-likeness (QED) is 0.253. The first-order chi connectivity index (χ1) is 18.4. The van der Waals surface area contributed by atoms with Crippen molar-refractivity contribution in [3.05, 3.63) is 112 Å². The van der Waals surface area contributed by atoms with Crippen molar-refractivity contribution in [2.24, 2.45) is 0 Å². The van der Waals surface area contributed by atoms with Crippen LogP contribution in [0.5, 0.6) is 5.75 Å². The molecule has 1 aliphatic rings. The third-order valence-corrected chi connectivity index (χ3v) is 7.41. The number of carbonyl (C=O) groups is 3. The van der Waals surface area contributed by atoms with E-state index in [0.717, 1.165) is 38.6 Å². The van der Waals surface area contributed by atoms with Gasteiger partial charge >= 0.3 is 0 Å². The maximum absolute atomic E-state index is 13.0. The van der Waals surface area contributed by atoms with Crippen LogP contribution in [0.4, 0.5) is 10.5 Å². The summed E-state index contributed by atoms with van der Waals surface area (Å²) in [5.74, 6) is -0.436. The number of rotatable bonds is 7. The summed E-state index contributed by atoms with van der Waals surface area (Å²) in [6, 6.07) is 26.6. The van der Waals surface area contributed by atoms with E-state index in [1.165, 1.54) is 0 Å². The lowest BCUT2D eigenvalue weighted by molar-refractivity contribution is -0.127. The number of anilines is 1. The lowest BCUT2D eigenvalue weighted by Crippen LogP contribution is -2.36. The van der Waals surface area contributed by atoms with Crippen LogP contribution in [0.2, 0.25) is 5.02 Å². The number of para-hydroxylation sites is 1. The maximum atomic E-state index is 13.0. The highest BCUT2D eigenvalue weighted by Crippen LogP contribution is 2.34. The Morgan fingerprint density at radius 1 is 1.00 bits per heavy atom. The van der Waals surface area contributed by atoms with Crippen molar-refractivity contribution in [3.63, 3.8) is 0 Å². The average Bonchev–Trinajstić information content (AvgIpc) is 3.17. The van der Waals surface area contributed by atoms with Crippen LogP contribution < -0.4 is 10.1 Å². The molecule has 6 nitrogen and oxygen atoms in total. The van der Waals surface area contributed by atoms with Gasteiger partial charge < -0.3 is 10.1 Å². The van der Waals surface area contributed by atoms with Gasteiger partial charge in [0.25, 0.3) is 11.1 Å². The van der Waals surface area contributed by atoms with E-state index >= 15 is 0 Å². The molecule has 0 saturated carbocycles. The van der Waals surface area contributed by atoms with Crippen LogP contribution in [0.25, 0.3) is 16.8 Å². The molecule has 0 aromatic heterocycles. The molecule has 1 aliphatic heterocycles. The second-order valence-electron chi connectivity index (χ2n) is 8.74. The summed E-state index contributed by atoms with van der Waals surface area (Å²) in [6.07, 6.45) is 1.63. The fourth-order valence-corrected chi connectivity index (χ4v) is 5.11. The molecule has 4 aromatic carbocycles. The number of aryl methyl sites for hydroxylation is 1. The van der Waals surface area contributed by atoms with Crippen LogP contribution >= 0.6 is 23.4 Å². The number of thioether (sulfide) groups is 1. The monoisotopic (exact) mass is 542 g/mol. The summed E-state index contributed by atoms with van der Waals surface area (Å²) in [5.41, 5.74) is 3.07. The van der Waals surface area contributed by atoms with E-state index in [9.17, 15) is 14.4 Å². The van der Waals surface area contributed by atoms with Crippen LogP contribution in [0.15, 0.2) is 89.8 Å². The van der Waals surface area contributed by atoms with Crippen molar-refractivity contribution < 1.29 is 19.1 Å². The van der Waals surface area contributed by atoms with E-state index in [1.807, 2.05) is 55.5 Å². The van der Waals surface area contributed by atoms with Gasteiger partial charge in [-0.05, 0) is 64.9 Å². The Bertz CT molecular complexity index is 1600. The summed E-state index contributed by atoms with van der Waals surface area (Å²) < 4.78 is 6.14. The van der Waals surface area contributed by atoms with Crippen LogP contribution in [0.3, 0.4) is 0 Å². The third-order valence-electron chi connectivity index (χ3n) is 6.10. The number of ether oxygens (including phenoxy) is 1. The highest BCUT2D eigenvalue weighted by molar-refractivity contribution is 8.18. The molecule has 0 spiro atoms. The fourth-order valence-electron chi connectivity index (χ4n) is 4.10. The van der Waals surface area contributed by atoms with Gasteiger partial charge in [0.2, 0.25) is 5.91 Å². The summed E-state index contributed by atoms with van der Waals surface area (Å²) in [5, 5.41) is 4.92. The number of hydrogen-bond donors (Lipinski definition) is 1. The smallest absolute Gasteiger partial charge is 0.294 e. The molecule has 0 bridgehead atoms. The number of nitrogens with one attached hydrogen (secondary N) is 1. The van der Waals surface area contributed by atoms with Crippen molar-refractivity contribution in [3.8, 4) is 5.75 Å². The predicted octanol–water partition coefficient (Wildman–Crippen LogP) is 7.06. The second-order valence-corrected chi connectivity index (χ2v) is 10.1. The molecule has 4 aromatic rings. The molecule has 8 heteroatoms. The molecule has 1 heterocycles. The zero-order valence-corrected chi connectivity index (χ0v) is 22.0. The van der Waals surface area contributed by atoms with E-state index in [4.69, 9.17) is 16.3 Å². The number of fused-ring (bicyclic) bond motifs is 1. The molecule has 190 valence electrons. The van der Waals surface area contributed by atoms with E-state index in [-0.39, 0.29) is 4.91 Å². The van der Waals surface area contributed by atoms with Gasteiger partial charge in [-0.15, -0.1) is 0 Å². The van der Waals surface area contributed by atoms with Crippen LogP contribution in [0.1, 0.15) is 16.7 Å². The Morgan fingerprint density at radius 3 is 2.61 bits per heavy atom. The standard InChI is InChI=1S/C30H23ClN2O4S/c1-19-13-14-23(16-25(19)31)32-28(34)17-33-29(35)27(38-30(33)36)15-21-8-3-5-12-26(21)37-18-22-10-6-9-20-7-2-4-11-24(20)22/h2-16H,17-18H2,1H3,(H,32,34)/b27-15-. The van der Waals surface area contributed by atoms with Crippen molar-refractivity contribution >= 4 is 63.0 Å². The third kappa shape index (κ3) is 5.59. The molecule has 1 saturated heterocycles. The SMILES string of the molecule is Cc1ccc(NC(=O)CN2C(=O)S/C(=C\c3ccccc3OCc3cccc4ccccc34)C2=O)cc1Cl. The van der Waals surface area contributed by atoms with E-state index in [2.05, 4.69) is 23.5 Å².